The molecule has 0 aliphatic rings. The number of aliphatic hydroxyl groups excluding tert-OH is 1. The molecule has 0 fully saturated rings. The lowest BCUT2D eigenvalue weighted by Crippen LogP contribution is -2.33. The number of nitrogens with one attached hydrogen (secondary N) is 1. The first-order chi connectivity index (χ1) is 8.27. The van der Waals surface area contributed by atoms with Crippen LogP contribution in [0.5, 0.6) is 0 Å². The van der Waals surface area contributed by atoms with Gasteiger partial charge in [0.2, 0.25) is 15.8 Å². The Bertz CT molecular complexity index is 537. The van der Waals surface area contributed by atoms with Gasteiger partial charge in [0, 0.05) is 18.7 Å². The molecule has 9 heteroatoms. The molecule has 0 saturated heterocycles. The van der Waals surface area contributed by atoms with Gasteiger partial charge in [0.05, 0.1) is 0 Å². The van der Waals surface area contributed by atoms with E-state index < -0.39 is 27.8 Å². The number of furan rings is 1. The molecule has 0 saturated carbocycles. The summed E-state index contributed by atoms with van der Waals surface area (Å²) in [7, 11) is -3.89. The highest BCUT2D eigenvalue weighted by molar-refractivity contribution is 9.10. The van der Waals surface area contributed by atoms with Gasteiger partial charge >= 0.3 is 5.97 Å². The second-order valence-corrected chi connectivity index (χ2v) is 5.99. The molecule has 1 aromatic heterocycles. The number of aliphatic hydroxyl groups is 1. The topological polar surface area (TPSA) is 117 Å². The predicted octanol–water partition coefficient (Wildman–Crippen LogP) is 0.790. The largest absolute Gasteiger partial charge is 0.475 e. The van der Waals surface area contributed by atoms with Crippen LogP contribution in [0.4, 0.5) is 0 Å². The summed E-state index contributed by atoms with van der Waals surface area (Å²) in [4.78, 5) is 10.4. The Morgan fingerprint density at radius 3 is 2.67 bits per heavy atom. The fourth-order valence-corrected chi connectivity index (χ4v) is 3.44. The Hall–Kier alpha value is -0.900. The Balaban J connectivity index is 3.01. The maximum Gasteiger partial charge on any atom is 0.371 e. The van der Waals surface area contributed by atoms with E-state index in [1.807, 2.05) is 0 Å². The average Bonchev–Trinajstić information content (AvgIpc) is 2.60. The fourth-order valence-electron chi connectivity index (χ4n) is 1.22. The first kappa shape index (κ1) is 15.2. The van der Waals surface area contributed by atoms with Crippen LogP contribution in [-0.2, 0) is 10.0 Å². The zero-order valence-corrected chi connectivity index (χ0v) is 11.8. The van der Waals surface area contributed by atoms with Gasteiger partial charge in [-0.3, -0.25) is 0 Å². The molecule has 1 atom stereocenters. The highest BCUT2D eigenvalue weighted by Crippen LogP contribution is 2.26. The van der Waals surface area contributed by atoms with Gasteiger partial charge in [0.1, 0.15) is 4.90 Å². The summed E-state index contributed by atoms with van der Waals surface area (Å²) in [5.41, 5.74) is 0. The first-order valence-electron chi connectivity index (χ1n) is 4.93. The van der Waals surface area contributed by atoms with Crippen LogP contribution < -0.4 is 4.72 Å². The lowest BCUT2D eigenvalue weighted by Gasteiger charge is -2.11. The number of carboxylic acids is 1. The first-order valence-corrected chi connectivity index (χ1v) is 7.21. The maximum absolute atomic E-state index is 11.9. The molecular formula is C9H12BrNO6S. The summed E-state index contributed by atoms with van der Waals surface area (Å²) in [6, 6.07) is 0.440. The quantitative estimate of drug-likeness (QED) is 0.704. The number of rotatable bonds is 6. The average molecular weight is 342 g/mol. The van der Waals surface area contributed by atoms with Crippen LogP contribution in [0.1, 0.15) is 23.9 Å². The van der Waals surface area contributed by atoms with Gasteiger partial charge in [-0.25, -0.2) is 17.9 Å². The number of carboxylic acid groups (broad SMARTS) is 1. The molecule has 0 spiro atoms. The van der Waals surface area contributed by atoms with E-state index in [-0.39, 0.29) is 22.6 Å². The molecule has 3 N–H and O–H groups in total. The third-order valence-corrected chi connectivity index (χ3v) is 4.52. The number of halogens is 1. The monoisotopic (exact) mass is 341 g/mol. The second kappa shape index (κ2) is 5.83. The summed E-state index contributed by atoms with van der Waals surface area (Å²) in [5.74, 6) is -1.84. The highest BCUT2D eigenvalue weighted by atomic mass is 79.9. The summed E-state index contributed by atoms with van der Waals surface area (Å²) in [5, 5.41) is 17.4. The fraction of sp³-hybridized carbons (Fsp3) is 0.444. The van der Waals surface area contributed by atoms with Crippen molar-refractivity contribution in [2.24, 2.45) is 0 Å². The minimum atomic E-state index is -3.89. The molecular weight excluding hydrogens is 330 g/mol. The van der Waals surface area contributed by atoms with Crippen molar-refractivity contribution in [3.63, 3.8) is 0 Å². The van der Waals surface area contributed by atoms with E-state index in [1.165, 1.54) is 0 Å². The summed E-state index contributed by atoms with van der Waals surface area (Å²) < 4.78 is 30.7. The molecule has 7 nitrogen and oxygen atoms in total. The SMILES string of the molecule is CC(CCO)NS(=O)(=O)c1cc(C(=O)O)oc1Br. The summed E-state index contributed by atoms with van der Waals surface area (Å²) in [6.45, 7) is 1.43. The molecule has 1 rings (SSSR count). The van der Waals surface area contributed by atoms with Crippen LogP contribution in [0, 0.1) is 0 Å². The highest BCUT2D eigenvalue weighted by Gasteiger charge is 2.26. The summed E-state index contributed by atoms with van der Waals surface area (Å²) >= 11 is 2.85. The van der Waals surface area contributed by atoms with E-state index in [0.717, 1.165) is 6.07 Å². The van der Waals surface area contributed by atoms with Crippen molar-refractivity contribution in [3.8, 4) is 0 Å². The van der Waals surface area contributed by atoms with E-state index in [4.69, 9.17) is 14.6 Å². The Labute approximate surface area is 112 Å². The van der Waals surface area contributed by atoms with Crippen molar-refractivity contribution in [1.29, 1.82) is 0 Å². The molecule has 102 valence electrons. The number of hydrogen-bond donors (Lipinski definition) is 3. The molecule has 0 aliphatic heterocycles. The standard InChI is InChI=1S/C9H12BrNO6S/c1-5(2-3-12)11-18(15,16)7-4-6(9(13)14)17-8(7)10/h4-5,11-12H,2-3H2,1H3,(H,13,14). The Morgan fingerprint density at radius 1 is 1.61 bits per heavy atom. The molecule has 1 unspecified atom stereocenters. The molecule has 18 heavy (non-hydrogen) atoms. The van der Waals surface area contributed by atoms with E-state index in [9.17, 15) is 13.2 Å². The van der Waals surface area contributed by atoms with Crippen LogP contribution >= 0.6 is 15.9 Å². The van der Waals surface area contributed by atoms with E-state index in [0.29, 0.717) is 0 Å². The molecule has 1 aromatic rings. The number of sulfonamides is 1. The molecule has 0 bridgehead atoms. The van der Waals surface area contributed by atoms with Crippen molar-refractivity contribution in [1.82, 2.24) is 4.72 Å². The van der Waals surface area contributed by atoms with Gasteiger partial charge in [-0.2, -0.15) is 0 Å². The number of aromatic carboxylic acids is 1. The van der Waals surface area contributed by atoms with Gasteiger partial charge in [0.25, 0.3) is 0 Å². The zero-order chi connectivity index (χ0) is 13.9. The molecule has 0 amide bonds. The number of carbonyl (C=O) groups is 1. The van der Waals surface area contributed by atoms with Crippen LogP contribution in [0.25, 0.3) is 0 Å². The summed E-state index contributed by atoms with van der Waals surface area (Å²) in [6.07, 6.45) is 0.250. The lowest BCUT2D eigenvalue weighted by molar-refractivity contribution is 0.0661. The van der Waals surface area contributed by atoms with E-state index in [2.05, 4.69) is 20.7 Å². The lowest BCUT2D eigenvalue weighted by atomic mass is 10.3. The third-order valence-electron chi connectivity index (χ3n) is 2.07. The molecule has 0 radical (unpaired) electrons. The Morgan fingerprint density at radius 2 is 2.22 bits per heavy atom. The van der Waals surface area contributed by atoms with Crippen LogP contribution in [0.2, 0.25) is 0 Å². The molecule has 0 aromatic carbocycles. The third kappa shape index (κ3) is 3.55. The van der Waals surface area contributed by atoms with Crippen LogP contribution in [0.3, 0.4) is 0 Å². The minimum absolute atomic E-state index is 0.156. The normalized spacial score (nSPS) is 13.5. The Kier molecular flexibility index (Phi) is 4.91. The molecule has 1 heterocycles. The predicted molar refractivity (Wildman–Crippen MR) is 64.9 cm³/mol. The number of hydrogen-bond acceptors (Lipinski definition) is 5. The van der Waals surface area contributed by atoms with E-state index >= 15 is 0 Å². The van der Waals surface area contributed by atoms with Gasteiger partial charge in [-0.1, -0.05) is 0 Å². The van der Waals surface area contributed by atoms with E-state index in [1.54, 1.807) is 6.92 Å². The van der Waals surface area contributed by atoms with Crippen molar-refractivity contribution < 1.29 is 27.8 Å². The van der Waals surface area contributed by atoms with Gasteiger partial charge in [-0.15, -0.1) is 0 Å². The van der Waals surface area contributed by atoms with Crippen LogP contribution in [-0.4, -0.2) is 37.2 Å². The van der Waals surface area contributed by atoms with Gasteiger partial charge in [0.15, 0.2) is 4.67 Å². The van der Waals surface area contributed by atoms with Gasteiger partial charge < -0.3 is 14.6 Å². The van der Waals surface area contributed by atoms with Crippen molar-refractivity contribution in [2.75, 3.05) is 6.61 Å². The van der Waals surface area contributed by atoms with Gasteiger partial charge in [-0.05, 0) is 29.3 Å². The van der Waals surface area contributed by atoms with Crippen LogP contribution in [0.15, 0.2) is 20.0 Å². The smallest absolute Gasteiger partial charge is 0.371 e. The van der Waals surface area contributed by atoms with Crippen molar-refractivity contribution in [3.05, 3.63) is 16.5 Å². The maximum atomic E-state index is 11.9. The van der Waals surface area contributed by atoms with Crippen molar-refractivity contribution >= 4 is 31.9 Å². The van der Waals surface area contributed by atoms with Crippen molar-refractivity contribution in [2.45, 2.75) is 24.3 Å². The zero-order valence-electron chi connectivity index (χ0n) is 9.38. The second-order valence-electron chi connectivity index (χ2n) is 3.59. The molecule has 0 aliphatic carbocycles. The minimum Gasteiger partial charge on any atom is -0.475 e.